The number of Topliss-reactive ketones (excluding diaryl/α,β-unsaturated/α-hetero) is 1. The van der Waals surface area contributed by atoms with Gasteiger partial charge >= 0.3 is 0 Å². The topological polar surface area (TPSA) is 34.9 Å². The molecule has 0 aliphatic rings. The molecule has 0 fully saturated rings. The van der Waals surface area contributed by atoms with Gasteiger partial charge in [-0.1, -0.05) is 19.1 Å². The van der Waals surface area contributed by atoms with E-state index in [4.69, 9.17) is 0 Å². The van der Waals surface area contributed by atoms with Crippen LogP contribution in [0.1, 0.15) is 35.6 Å². The predicted molar refractivity (Wildman–Crippen MR) is 83.5 cm³/mol. The van der Waals surface area contributed by atoms with E-state index in [-0.39, 0.29) is 5.78 Å². The van der Waals surface area contributed by atoms with E-state index in [9.17, 15) is 4.79 Å². The Morgan fingerprint density at radius 2 is 1.95 bits per heavy atom. The van der Waals surface area contributed by atoms with E-state index in [0.717, 1.165) is 29.9 Å². The van der Waals surface area contributed by atoms with Gasteiger partial charge in [-0.25, -0.2) is 0 Å². The molecule has 1 heterocycles. The lowest BCUT2D eigenvalue weighted by atomic mass is 10.1. The van der Waals surface area contributed by atoms with E-state index >= 15 is 0 Å². The zero-order valence-corrected chi connectivity index (χ0v) is 13.0. The highest BCUT2D eigenvalue weighted by Crippen LogP contribution is 2.16. The summed E-state index contributed by atoms with van der Waals surface area (Å²) < 4.78 is 1.92. The van der Waals surface area contributed by atoms with Gasteiger partial charge in [0, 0.05) is 22.7 Å². The minimum Gasteiger partial charge on any atom is -0.294 e. The number of thioether (sulfide) groups is 1. The smallest absolute Gasteiger partial charge is 0.168 e. The molecule has 20 heavy (non-hydrogen) atoms. The van der Waals surface area contributed by atoms with Crippen molar-refractivity contribution in [2.24, 2.45) is 0 Å². The van der Waals surface area contributed by atoms with Crippen LogP contribution in [0.2, 0.25) is 0 Å². The summed E-state index contributed by atoms with van der Waals surface area (Å²) in [5.41, 5.74) is 2.82. The number of benzene rings is 1. The summed E-state index contributed by atoms with van der Waals surface area (Å²) >= 11 is 1.68. The molecule has 0 radical (unpaired) electrons. The molecule has 0 bridgehead atoms. The third-order valence-corrected chi connectivity index (χ3v) is 4.07. The fourth-order valence-electron chi connectivity index (χ4n) is 2.15. The molecule has 0 spiro atoms. The molecule has 0 saturated carbocycles. The number of hydrogen-bond acceptors (Lipinski definition) is 3. The second-order valence-electron chi connectivity index (χ2n) is 4.62. The van der Waals surface area contributed by atoms with Crippen molar-refractivity contribution in [1.82, 2.24) is 9.78 Å². The Morgan fingerprint density at radius 1 is 1.25 bits per heavy atom. The van der Waals surface area contributed by atoms with Gasteiger partial charge in [0.25, 0.3) is 0 Å². The first kappa shape index (κ1) is 14.9. The second kappa shape index (κ2) is 6.75. The van der Waals surface area contributed by atoms with Gasteiger partial charge in [-0.3, -0.25) is 9.48 Å². The lowest BCUT2D eigenvalue weighted by Crippen LogP contribution is -2.09. The van der Waals surface area contributed by atoms with Gasteiger partial charge in [-0.2, -0.15) is 5.10 Å². The van der Waals surface area contributed by atoms with Crippen molar-refractivity contribution in [1.29, 1.82) is 0 Å². The van der Waals surface area contributed by atoms with Gasteiger partial charge in [-0.15, -0.1) is 11.8 Å². The van der Waals surface area contributed by atoms with Crippen molar-refractivity contribution in [2.45, 2.75) is 38.1 Å². The van der Waals surface area contributed by atoms with Gasteiger partial charge in [0.05, 0.1) is 12.1 Å². The van der Waals surface area contributed by atoms with Crippen LogP contribution in [0.15, 0.2) is 35.2 Å². The maximum Gasteiger partial charge on any atom is 0.168 e. The Labute approximate surface area is 124 Å². The first-order chi connectivity index (χ1) is 9.67. The highest BCUT2D eigenvalue weighted by molar-refractivity contribution is 7.98. The maximum absolute atomic E-state index is 12.3. The van der Waals surface area contributed by atoms with Crippen LogP contribution in [-0.4, -0.2) is 21.8 Å². The standard InChI is InChI=1S/C16H20N2OS/c1-4-13-10-14(18(5-2)17-13)11-16(19)12-6-8-15(20-3)9-7-12/h6-10H,4-5,11H2,1-3H3. The molecule has 0 atom stereocenters. The molecule has 0 saturated heterocycles. The molecule has 2 aromatic rings. The summed E-state index contributed by atoms with van der Waals surface area (Å²) in [7, 11) is 0. The summed E-state index contributed by atoms with van der Waals surface area (Å²) in [4.78, 5) is 13.5. The molecule has 0 aliphatic carbocycles. The molecular formula is C16H20N2OS. The predicted octanol–water partition coefficient (Wildman–Crippen LogP) is 3.61. The fourth-order valence-corrected chi connectivity index (χ4v) is 2.56. The Kier molecular flexibility index (Phi) is 5.01. The number of ketones is 1. The first-order valence-corrected chi connectivity index (χ1v) is 8.13. The SMILES string of the molecule is CCc1cc(CC(=O)c2ccc(SC)cc2)n(CC)n1. The van der Waals surface area contributed by atoms with E-state index in [1.807, 2.05) is 48.2 Å². The quantitative estimate of drug-likeness (QED) is 0.601. The summed E-state index contributed by atoms with van der Waals surface area (Å²) in [5, 5.41) is 4.48. The van der Waals surface area contributed by atoms with Crippen LogP contribution in [0, 0.1) is 0 Å². The van der Waals surface area contributed by atoms with E-state index in [2.05, 4.69) is 12.0 Å². The minimum atomic E-state index is 0.148. The molecule has 0 amide bonds. The molecule has 0 unspecified atom stereocenters. The van der Waals surface area contributed by atoms with Gasteiger partial charge in [0.15, 0.2) is 5.78 Å². The summed E-state index contributed by atoms with van der Waals surface area (Å²) in [6.45, 7) is 4.93. The number of aryl methyl sites for hydroxylation is 2. The lowest BCUT2D eigenvalue weighted by molar-refractivity contribution is 0.0990. The molecule has 2 rings (SSSR count). The average molecular weight is 288 g/mol. The van der Waals surface area contributed by atoms with Crippen LogP contribution < -0.4 is 0 Å². The zero-order valence-electron chi connectivity index (χ0n) is 12.2. The number of carbonyl (C=O) groups is 1. The van der Waals surface area contributed by atoms with Crippen LogP contribution in [0.5, 0.6) is 0 Å². The van der Waals surface area contributed by atoms with E-state index in [1.165, 1.54) is 4.90 Å². The number of aromatic nitrogens is 2. The van der Waals surface area contributed by atoms with Gasteiger partial charge in [0.1, 0.15) is 0 Å². The number of rotatable bonds is 6. The zero-order chi connectivity index (χ0) is 14.5. The Morgan fingerprint density at radius 3 is 2.50 bits per heavy atom. The Balaban J connectivity index is 2.15. The Bertz CT molecular complexity index is 587. The van der Waals surface area contributed by atoms with Crippen LogP contribution in [0.25, 0.3) is 0 Å². The molecule has 1 aromatic heterocycles. The third kappa shape index (κ3) is 3.31. The van der Waals surface area contributed by atoms with E-state index in [1.54, 1.807) is 11.8 Å². The van der Waals surface area contributed by atoms with Crippen LogP contribution in [0.4, 0.5) is 0 Å². The maximum atomic E-state index is 12.3. The van der Waals surface area contributed by atoms with Gasteiger partial charge < -0.3 is 0 Å². The molecule has 0 aliphatic heterocycles. The van der Waals surface area contributed by atoms with Crippen molar-refractivity contribution >= 4 is 17.5 Å². The molecule has 106 valence electrons. The first-order valence-electron chi connectivity index (χ1n) is 6.90. The van der Waals surface area contributed by atoms with Crippen molar-refractivity contribution in [3.63, 3.8) is 0 Å². The number of hydrogen-bond donors (Lipinski definition) is 0. The molecule has 3 nitrogen and oxygen atoms in total. The molecular weight excluding hydrogens is 268 g/mol. The molecule has 0 N–H and O–H groups in total. The highest BCUT2D eigenvalue weighted by atomic mass is 32.2. The normalized spacial score (nSPS) is 10.8. The summed E-state index contributed by atoms with van der Waals surface area (Å²) in [5.74, 6) is 0.148. The summed E-state index contributed by atoms with van der Waals surface area (Å²) in [6, 6.07) is 9.83. The molecule has 4 heteroatoms. The Hall–Kier alpha value is -1.55. The highest BCUT2D eigenvalue weighted by Gasteiger charge is 2.12. The van der Waals surface area contributed by atoms with Crippen LogP contribution in [-0.2, 0) is 19.4 Å². The minimum absolute atomic E-state index is 0.148. The van der Waals surface area contributed by atoms with Crippen LogP contribution in [0.3, 0.4) is 0 Å². The van der Waals surface area contributed by atoms with Crippen molar-refractivity contribution < 1.29 is 4.79 Å². The van der Waals surface area contributed by atoms with E-state index in [0.29, 0.717) is 6.42 Å². The monoisotopic (exact) mass is 288 g/mol. The van der Waals surface area contributed by atoms with E-state index < -0.39 is 0 Å². The van der Waals surface area contributed by atoms with Crippen LogP contribution >= 0.6 is 11.8 Å². The fraction of sp³-hybridized carbons (Fsp3) is 0.375. The van der Waals surface area contributed by atoms with Crippen molar-refractivity contribution in [3.8, 4) is 0 Å². The largest absolute Gasteiger partial charge is 0.294 e. The average Bonchev–Trinajstić information content (AvgIpc) is 2.89. The lowest BCUT2D eigenvalue weighted by Gasteiger charge is -2.04. The molecule has 1 aromatic carbocycles. The summed E-state index contributed by atoms with van der Waals surface area (Å²) in [6.07, 6.45) is 3.35. The van der Waals surface area contributed by atoms with Crippen molar-refractivity contribution in [3.05, 3.63) is 47.3 Å². The third-order valence-electron chi connectivity index (χ3n) is 3.33. The number of nitrogens with zero attached hydrogens (tertiary/aromatic N) is 2. The number of carbonyl (C=O) groups excluding carboxylic acids is 1. The second-order valence-corrected chi connectivity index (χ2v) is 5.50. The van der Waals surface area contributed by atoms with Gasteiger partial charge in [-0.05, 0) is 37.8 Å². The van der Waals surface area contributed by atoms with Crippen molar-refractivity contribution in [2.75, 3.05) is 6.26 Å². The van der Waals surface area contributed by atoms with Gasteiger partial charge in [0.2, 0.25) is 0 Å².